The largest absolute Gasteiger partial charge is 0.416 e. The molecule has 2 N–H and O–H groups in total. The SMILES string of the molecule is Cc1c(C(N)=O)cc(-c2csc(-c3ccno3)n2)n1Cc1cccc(C(F)(F)F)c1. The van der Waals surface area contributed by atoms with Crippen LogP contribution in [0, 0.1) is 6.92 Å². The van der Waals surface area contributed by atoms with Crippen molar-refractivity contribution in [3.8, 4) is 22.2 Å². The number of nitrogens with two attached hydrogens (primary N) is 1. The van der Waals surface area contributed by atoms with E-state index in [4.69, 9.17) is 10.3 Å². The normalized spacial score (nSPS) is 11.7. The van der Waals surface area contributed by atoms with Gasteiger partial charge in [-0.2, -0.15) is 13.2 Å². The minimum absolute atomic E-state index is 0.119. The van der Waals surface area contributed by atoms with Gasteiger partial charge in [-0.1, -0.05) is 17.3 Å². The number of halogens is 3. The fourth-order valence-electron chi connectivity index (χ4n) is 3.17. The maximum Gasteiger partial charge on any atom is 0.416 e. The minimum atomic E-state index is -4.44. The van der Waals surface area contributed by atoms with Gasteiger partial charge in [0.05, 0.1) is 28.7 Å². The van der Waals surface area contributed by atoms with Gasteiger partial charge < -0.3 is 14.8 Å². The number of hydrogen-bond acceptors (Lipinski definition) is 5. The lowest BCUT2D eigenvalue weighted by Crippen LogP contribution is -2.13. The number of carbonyl (C=O) groups is 1. The summed E-state index contributed by atoms with van der Waals surface area (Å²) >= 11 is 1.32. The summed E-state index contributed by atoms with van der Waals surface area (Å²) in [7, 11) is 0. The summed E-state index contributed by atoms with van der Waals surface area (Å²) in [4.78, 5) is 16.4. The average Bonchev–Trinajstić information content (AvgIpc) is 3.42. The number of primary amides is 1. The molecule has 4 aromatic rings. The van der Waals surface area contributed by atoms with E-state index >= 15 is 0 Å². The molecule has 1 amide bonds. The first kappa shape index (κ1) is 19.9. The number of thiazole rings is 1. The second kappa shape index (κ2) is 7.45. The summed E-state index contributed by atoms with van der Waals surface area (Å²) in [5.41, 5.74) is 7.14. The van der Waals surface area contributed by atoms with Crippen molar-refractivity contribution in [2.75, 3.05) is 0 Å². The fraction of sp³-hybridized carbons (Fsp3) is 0.150. The van der Waals surface area contributed by atoms with Gasteiger partial charge in [-0.15, -0.1) is 11.3 Å². The summed E-state index contributed by atoms with van der Waals surface area (Å²) in [5, 5.41) is 6.02. The molecule has 4 rings (SSSR count). The molecule has 0 aliphatic heterocycles. The van der Waals surface area contributed by atoms with E-state index in [1.54, 1.807) is 35.1 Å². The van der Waals surface area contributed by atoms with Gasteiger partial charge >= 0.3 is 6.18 Å². The molecular formula is C20H15F3N4O2S. The van der Waals surface area contributed by atoms with E-state index in [9.17, 15) is 18.0 Å². The Labute approximate surface area is 172 Å². The molecule has 3 aromatic heterocycles. The lowest BCUT2D eigenvalue weighted by Gasteiger charge is -2.13. The second-order valence-electron chi connectivity index (χ2n) is 6.59. The van der Waals surface area contributed by atoms with Crippen molar-refractivity contribution in [3.63, 3.8) is 0 Å². The van der Waals surface area contributed by atoms with Crippen LogP contribution in [0.2, 0.25) is 0 Å². The van der Waals surface area contributed by atoms with Crippen LogP contribution in [0.4, 0.5) is 13.2 Å². The maximum absolute atomic E-state index is 13.1. The van der Waals surface area contributed by atoms with Crippen molar-refractivity contribution in [3.05, 3.63) is 70.4 Å². The van der Waals surface area contributed by atoms with Crippen molar-refractivity contribution in [1.82, 2.24) is 14.7 Å². The number of benzene rings is 1. The summed E-state index contributed by atoms with van der Waals surface area (Å²) in [5.74, 6) is -0.128. The molecule has 0 unspecified atom stereocenters. The third kappa shape index (κ3) is 3.73. The summed E-state index contributed by atoms with van der Waals surface area (Å²) in [6.07, 6.45) is -2.94. The monoisotopic (exact) mass is 432 g/mol. The number of hydrogen-bond donors (Lipinski definition) is 1. The van der Waals surface area contributed by atoms with Crippen LogP contribution in [0.25, 0.3) is 22.2 Å². The zero-order chi connectivity index (χ0) is 21.5. The molecule has 0 fully saturated rings. The summed E-state index contributed by atoms with van der Waals surface area (Å²) < 4.78 is 46.1. The van der Waals surface area contributed by atoms with Crippen LogP contribution in [0.5, 0.6) is 0 Å². The Morgan fingerprint density at radius 2 is 2.07 bits per heavy atom. The van der Waals surface area contributed by atoms with E-state index in [1.165, 1.54) is 23.6 Å². The van der Waals surface area contributed by atoms with E-state index < -0.39 is 17.6 Å². The van der Waals surface area contributed by atoms with Gasteiger partial charge in [0, 0.05) is 23.7 Å². The number of nitrogens with zero attached hydrogens (tertiary/aromatic N) is 3. The Kier molecular flexibility index (Phi) is 4.94. The van der Waals surface area contributed by atoms with Crippen LogP contribution in [0.3, 0.4) is 0 Å². The molecule has 10 heteroatoms. The predicted molar refractivity (Wildman–Crippen MR) is 105 cm³/mol. The van der Waals surface area contributed by atoms with E-state index in [-0.39, 0.29) is 12.1 Å². The van der Waals surface area contributed by atoms with Gasteiger partial charge in [0.15, 0.2) is 10.8 Å². The zero-order valence-electron chi connectivity index (χ0n) is 15.6. The van der Waals surface area contributed by atoms with Crippen LogP contribution in [0.1, 0.15) is 27.2 Å². The Morgan fingerprint density at radius 1 is 1.27 bits per heavy atom. The van der Waals surface area contributed by atoms with Crippen LogP contribution in [0.15, 0.2) is 52.5 Å². The molecule has 3 heterocycles. The standard InChI is InChI=1S/C20H15F3N4O2S/c1-11-14(18(24)28)8-16(15-10-30-19(26-15)17-5-6-25-29-17)27(11)9-12-3-2-4-13(7-12)20(21,22)23/h2-8,10H,9H2,1H3,(H2,24,28). The first-order valence-corrected chi connectivity index (χ1v) is 9.65. The van der Waals surface area contributed by atoms with Crippen LogP contribution >= 0.6 is 11.3 Å². The Balaban J connectivity index is 1.78. The molecular weight excluding hydrogens is 417 g/mol. The first-order valence-electron chi connectivity index (χ1n) is 8.77. The van der Waals surface area contributed by atoms with Crippen LogP contribution in [-0.2, 0) is 12.7 Å². The van der Waals surface area contributed by atoms with Crippen LogP contribution < -0.4 is 5.73 Å². The van der Waals surface area contributed by atoms with Crippen molar-refractivity contribution >= 4 is 17.2 Å². The van der Waals surface area contributed by atoms with Crippen LogP contribution in [-0.4, -0.2) is 20.6 Å². The molecule has 0 bridgehead atoms. The molecule has 0 aliphatic carbocycles. The summed E-state index contributed by atoms with van der Waals surface area (Å²) in [6, 6.07) is 8.34. The molecule has 0 radical (unpaired) electrons. The van der Waals surface area contributed by atoms with Gasteiger partial charge in [0.25, 0.3) is 5.91 Å². The molecule has 30 heavy (non-hydrogen) atoms. The second-order valence-corrected chi connectivity index (χ2v) is 7.45. The molecule has 1 aromatic carbocycles. The number of carbonyl (C=O) groups excluding carboxylic acids is 1. The number of rotatable bonds is 5. The third-order valence-corrected chi connectivity index (χ3v) is 5.50. The number of aromatic nitrogens is 3. The highest BCUT2D eigenvalue weighted by atomic mass is 32.1. The van der Waals surface area contributed by atoms with E-state index in [0.717, 1.165) is 12.1 Å². The van der Waals surface area contributed by atoms with Gasteiger partial charge in [-0.3, -0.25) is 4.79 Å². The molecule has 6 nitrogen and oxygen atoms in total. The molecule has 0 saturated heterocycles. The average molecular weight is 432 g/mol. The number of amides is 1. The molecule has 0 atom stereocenters. The Hall–Kier alpha value is -3.40. The zero-order valence-corrected chi connectivity index (χ0v) is 16.4. The number of alkyl halides is 3. The lowest BCUT2D eigenvalue weighted by atomic mass is 10.1. The van der Waals surface area contributed by atoms with E-state index in [1.807, 2.05) is 0 Å². The van der Waals surface area contributed by atoms with Crippen molar-refractivity contribution in [1.29, 1.82) is 0 Å². The van der Waals surface area contributed by atoms with E-state index in [0.29, 0.717) is 33.4 Å². The van der Waals surface area contributed by atoms with E-state index in [2.05, 4.69) is 10.1 Å². The third-order valence-electron chi connectivity index (χ3n) is 4.64. The van der Waals surface area contributed by atoms with Crippen molar-refractivity contribution < 1.29 is 22.5 Å². The highest BCUT2D eigenvalue weighted by molar-refractivity contribution is 7.13. The maximum atomic E-state index is 13.1. The highest BCUT2D eigenvalue weighted by Gasteiger charge is 2.30. The van der Waals surface area contributed by atoms with Gasteiger partial charge in [0.1, 0.15) is 0 Å². The summed E-state index contributed by atoms with van der Waals surface area (Å²) in [6.45, 7) is 1.81. The van der Waals surface area contributed by atoms with Gasteiger partial charge in [-0.05, 0) is 30.7 Å². The molecule has 0 saturated carbocycles. The Morgan fingerprint density at radius 3 is 2.73 bits per heavy atom. The molecule has 154 valence electrons. The predicted octanol–water partition coefficient (Wildman–Crippen LogP) is 4.74. The first-order chi connectivity index (χ1) is 14.2. The van der Waals surface area contributed by atoms with Crippen molar-refractivity contribution in [2.45, 2.75) is 19.6 Å². The Bertz CT molecular complexity index is 1210. The highest BCUT2D eigenvalue weighted by Crippen LogP contribution is 2.33. The fourth-order valence-corrected chi connectivity index (χ4v) is 3.94. The topological polar surface area (TPSA) is 86.9 Å². The lowest BCUT2D eigenvalue weighted by molar-refractivity contribution is -0.137. The van der Waals surface area contributed by atoms with Gasteiger partial charge in [0.2, 0.25) is 0 Å². The molecule has 0 aliphatic rings. The quantitative estimate of drug-likeness (QED) is 0.493. The smallest absolute Gasteiger partial charge is 0.366 e. The molecule has 0 spiro atoms. The van der Waals surface area contributed by atoms with Crippen molar-refractivity contribution in [2.24, 2.45) is 5.73 Å². The minimum Gasteiger partial charge on any atom is -0.366 e. The van der Waals surface area contributed by atoms with Gasteiger partial charge in [-0.25, -0.2) is 4.98 Å².